The molecule has 1 spiro atoms. The highest BCUT2D eigenvalue weighted by Crippen LogP contribution is 2.72. The third-order valence-electron chi connectivity index (χ3n) is 10.0. The highest BCUT2D eigenvalue weighted by molar-refractivity contribution is 6.03. The van der Waals surface area contributed by atoms with Gasteiger partial charge < -0.3 is 31.1 Å². The van der Waals surface area contributed by atoms with E-state index in [1.165, 1.54) is 13.0 Å². The molecule has 1 aromatic carbocycles. The number of Topliss-reactive ketones (excluding diaryl/α,β-unsaturated/α-hetero) is 1. The molecule has 39 heavy (non-hydrogen) atoms. The lowest BCUT2D eigenvalue weighted by atomic mass is 9.58. The number of hydrogen-bond acceptors (Lipinski definition) is 8. The molecule has 1 unspecified atom stereocenters. The Morgan fingerprint density at radius 3 is 2.49 bits per heavy atom. The number of aliphatic hydroxyl groups is 3. The van der Waals surface area contributed by atoms with Gasteiger partial charge >= 0.3 is 5.97 Å². The van der Waals surface area contributed by atoms with Crippen LogP contribution in [0.4, 0.5) is 5.69 Å². The van der Waals surface area contributed by atoms with Crippen LogP contribution in [0, 0.1) is 35.5 Å². The molecule has 4 aliphatic rings. The summed E-state index contributed by atoms with van der Waals surface area (Å²) < 4.78 is 5.97. The Morgan fingerprint density at radius 2 is 1.87 bits per heavy atom. The van der Waals surface area contributed by atoms with Crippen LogP contribution in [0.15, 0.2) is 41.5 Å². The summed E-state index contributed by atoms with van der Waals surface area (Å²) in [5.74, 6) is -2.25. The fraction of sp³-hybridized carbons (Fsp3) is 0.567. The number of hydrogen-bond donors (Lipinski definition) is 5. The molecule has 0 radical (unpaired) electrons. The standard InChI is InChI=1S/C30H38N2O7/c1-14-8-7-9-20(32-17(4)34)21(14)25(36)39-24-15(2)11-28-16(3)10-19-22(27(19,5)6)29(31,26(28)37)12-18(13-33)23(35)30(24,28)38/h7-9,11-12,16,19,22-24,33,35,38H,10,13,31H2,1-6H3,(H,32,34)/t16-,19-,22?,23-,24+,28+,29-,30+/m1/s1. The maximum atomic E-state index is 14.6. The van der Waals surface area contributed by atoms with E-state index in [0.29, 0.717) is 17.6 Å². The van der Waals surface area contributed by atoms with Crippen LogP contribution in [-0.4, -0.2) is 62.9 Å². The van der Waals surface area contributed by atoms with E-state index in [1.807, 2.05) is 6.92 Å². The van der Waals surface area contributed by atoms with Gasteiger partial charge in [0.05, 0.1) is 28.8 Å². The Kier molecular flexibility index (Phi) is 6.09. The van der Waals surface area contributed by atoms with Crippen LogP contribution in [-0.2, 0) is 14.3 Å². The van der Waals surface area contributed by atoms with Crippen molar-refractivity contribution in [3.63, 3.8) is 0 Å². The molecular weight excluding hydrogens is 500 g/mol. The van der Waals surface area contributed by atoms with E-state index in [-0.39, 0.29) is 40.0 Å². The summed E-state index contributed by atoms with van der Waals surface area (Å²) in [7, 11) is 0. The highest BCUT2D eigenvalue weighted by atomic mass is 16.6. The van der Waals surface area contributed by atoms with E-state index in [4.69, 9.17) is 10.5 Å². The third kappa shape index (κ3) is 3.43. The van der Waals surface area contributed by atoms with Crippen LogP contribution in [0.25, 0.3) is 0 Å². The summed E-state index contributed by atoms with van der Waals surface area (Å²) in [5.41, 5.74) is 2.47. The lowest BCUT2D eigenvalue weighted by Gasteiger charge is -2.49. The van der Waals surface area contributed by atoms with Crippen LogP contribution < -0.4 is 11.1 Å². The van der Waals surface area contributed by atoms with Crippen molar-refractivity contribution in [2.45, 2.75) is 71.3 Å². The van der Waals surface area contributed by atoms with Gasteiger partial charge in [0, 0.05) is 6.92 Å². The fourth-order valence-electron chi connectivity index (χ4n) is 8.23. The van der Waals surface area contributed by atoms with E-state index in [0.717, 1.165) is 0 Å². The number of fused-ring (bicyclic) bond motifs is 3. The number of benzene rings is 1. The molecule has 0 aliphatic heterocycles. The molecule has 6 N–H and O–H groups in total. The van der Waals surface area contributed by atoms with Gasteiger partial charge in [-0.05, 0) is 66.2 Å². The van der Waals surface area contributed by atoms with Crippen molar-refractivity contribution in [1.82, 2.24) is 0 Å². The van der Waals surface area contributed by atoms with Gasteiger partial charge in [-0.25, -0.2) is 4.79 Å². The predicted octanol–water partition coefficient (Wildman–Crippen LogP) is 2.03. The van der Waals surface area contributed by atoms with Crippen molar-refractivity contribution in [3.8, 4) is 0 Å². The van der Waals surface area contributed by atoms with Crippen molar-refractivity contribution in [1.29, 1.82) is 0 Å². The Bertz CT molecular complexity index is 1350. The number of carbonyl (C=O) groups excluding carboxylic acids is 3. The second kappa shape index (κ2) is 8.57. The normalized spacial score (nSPS) is 39.8. The number of esters is 1. The van der Waals surface area contributed by atoms with Gasteiger partial charge in [-0.3, -0.25) is 9.59 Å². The molecule has 9 heteroatoms. The first-order valence-electron chi connectivity index (χ1n) is 13.4. The second-order valence-electron chi connectivity index (χ2n) is 12.6. The zero-order chi connectivity index (χ0) is 28.9. The quantitative estimate of drug-likeness (QED) is 0.288. The molecular formula is C30H38N2O7. The number of carbonyl (C=O) groups is 3. The lowest BCUT2D eigenvalue weighted by Crippen LogP contribution is -2.68. The molecule has 9 nitrogen and oxygen atoms in total. The zero-order valence-corrected chi connectivity index (χ0v) is 23.2. The zero-order valence-electron chi connectivity index (χ0n) is 23.2. The van der Waals surface area contributed by atoms with Gasteiger partial charge in [0.15, 0.2) is 17.5 Å². The Balaban J connectivity index is 1.65. The minimum atomic E-state index is -2.32. The Hall–Kier alpha value is -2.85. The number of aliphatic hydroxyl groups excluding tert-OH is 2. The van der Waals surface area contributed by atoms with E-state index in [9.17, 15) is 29.7 Å². The summed E-state index contributed by atoms with van der Waals surface area (Å²) in [6.45, 7) is 10.0. The number of aryl methyl sites for hydroxylation is 1. The molecule has 4 aliphatic carbocycles. The smallest absolute Gasteiger partial charge is 0.341 e. The van der Waals surface area contributed by atoms with Crippen LogP contribution >= 0.6 is 0 Å². The van der Waals surface area contributed by atoms with Gasteiger partial charge in [0.25, 0.3) is 0 Å². The number of nitrogens with one attached hydrogen (secondary N) is 1. The summed E-state index contributed by atoms with van der Waals surface area (Å²) in [6.07, 6.45) is 0.489. The van der Waals surface area contributed by atoms with Crippen molar-refractivity contribution >= 4 is 23.3 Å². The number of anilines is 1. The number of ketones is 1. The molecule has 2 fully saturated rings. The predicted molar refractivity (Wildman–Crippen MR) is 143 cm³/mol. The van der Waals surface area contributed by atoms with Crippen molar-refractivity contribution in [2.75, 3.05) is 11.9 Å². The summed E-state index contributed by atoms with van der Waals surface area (Å²) >= 11 is 0. The molecule has 1 amide bonds. The maximum absolute atomic E-state index is 14.6. The van der Waals surface area contributed by atoms with Crippen LogP contribution in [0.5, 0.6) is 0 Å². The van der Waals surface area contributed by atoms with E-state index >= 15 is 0 Å². The summed E-state index contributed by atoms with van der Waals surface area (Å²) in [4.78, 5) is 40.1. The van der Waals surface area contributed by atoms with Gasteiger partial charge in [-0.15, -0.1) is 0 Å². The third-order valence-corrected chi connectivity index (χ3v) is 10.0. The Morgan fingerprint density at radius 1 is 1.21 bits per heavy atom. The van der Waals surface area contributed by atoms with Crippen molar-refractivity contribution < 1.29 is 34.4 Å². The molecule has 2 saturated carbocycles. The molecule has 1 aromatic rings. The van der Waals surface area contributed by atoms with Crippen molar-refractivity contribution in [3.05, 3.63) is 52.6 Å². The molecule has 0 heterocycles. The molecule has 0 saturated heterocycles. The minimum Gasteiger partial charge on any atom is -0.451 e. The first-order valence-corrected chi connectivity index (χ1v) is 13.4. The largest absolute Gasteiger partial charge is 0.451 e. The fourth-order valence-corrected chi connectivity index (χ4v) is 8.23. The first kappa shape index (κ1) is 27.7. The topological polar surface area (TPSA) is 159 Å². The Labute approximate surface area is 228 Å². The average molecular weight is 539 g/mol. The van der Waals surface area contributed by atoms with E-state index < -0.39 is 53.0 Å². The molecule has 5 rings (SSSR count). The van der Waals surface area contributed by atoms with Crippen LogP contribution in [0.2, 0.25) is 0 Å². The molecule has 0 aromatic heterocycles. The minimum absolute atomic E-state index is 0.0183. The number of ether oxygens (including phenoxy) is 1. The summed E-state index contributed by atoms with van der Waals surface area (Å²) in [5, 5.41) is 37.3. The average Bonchev–Trinajstić information content (AvgIpc) is 3.35. The number of amides is 1. The van der Waals surface area contributed by atoms with Crippen LogP contribution in [0.3, 0.4) is 0 Å². The van der Waals surface area contributed by atoms with Crippen LogP contribution in [0.1, 0.15) is 57.0 Å². The number of nitrogens with two attached hydrogens (primary N) is 1. The van der Waals surface area contributed by atoms with Gasteiger partial charge in [0.1, 0.15) is 6.10 Å². The monoisotopic (exact) mass is 538 g/mol. The SMILES string of the molecule is CC(=O)Nc1cccc(C)c1C(=O)O[C@H]1C(C)=C[C@]23C(=O)[C@@](N)(C=C(CO)[C@@H](O)[C@]12O)C1[C@@H](C[C@H]3C)C1(C)C. The van der Waals surface area contributed by atoms with E-state index in [2.05, 4.69) is 19.2 Å². The summed E-state index contributed by atoms with van der Waals surface area (Å²) in [6, 6.07) is 4.95. The van der Waals surface area contributed by atoms with Gasteiger partial charge in [-0.1, -0.05) is 45.1 Å². The molecule has 2 bridgehead atoms. The van der Waals surface area contributed by atoms with Crippen molar-refractivity contribution in [2.24, 2.45) is 34.3 Å². The maximum Gasteiger partial charge on any atom is 0.341 e. The second-order valence-corrected chi connectivity index (χ2v) is 12.6. The first-order chi connectivity index (χ1) is 18.1. The number of rotatable bonds is 4. The van der Waals surface area contributed by atoms with Gasteiger partial charge in [-0.2, -0.15) is 0 Å². The van der Waals surface area contributed by atoms with Gasteiger partial charge in [0.2, 0.25) is 5.91 Å². The van der Waals surface area contributed by atoms with E-state index in [1.54, 1.807) is 38.1 Å². The lowest BCUT2D eigenvalue weighted by molar-refractivity contribution is -0.191. The molecule has 8 atom stereocenters. The highest BCUT2D eigenvalue weighted by Gasteiger charge is 2.79. The molecule has 210 valence electrons.